The van der Waals surface area contributed by atoms with Crippen LogP contribution in [0.5, 0.6) is 11.6 Å². The number of aromatic nitrogens is 1. The molecule has 0 aliphatic carbocycles. The Morgan fingerprint density at radius 2 is 2.00 bits per heavy atom. The summed E-state index contributed by atoms with van der Waals surface area (Å²) in [5.74, 6) is -0.194. The van der Waals surface area contributed by atoms with E-state index in [4.69, 9.17) is 4.74 Å². The molecule has 0 radical (unpaired) electrons. The van der Waals surface area contributed by atoms with Crippen LogP contribution in [-0.2, 0) is 9.59 Å². The van der Waals surface area contributed by atoms with Crippen LogP contribution in [0, 0.1) is 0 Å². The van der Waals surface area contributed by atoms with Gasteiger partial charge < -0.3 is 20.1 Å². The Morgan fingerprint density at radius 1 is 1.23 bits per heavy atom. The molecule has 0 unspecified atom stereocenters. The Labute approximate surface area is 175 Å². The molecule has 0 spiro atoms. The van der Waals surface area contributed by atoms with E-state index in [1.165, 1.54) is 0 Å². The molecule has 30 heavy (non-hydrogen) atoms. The van der Waals surface area contributed by atoms with E-state index in [-0.39, 0.29) is 29.1 Å². The predicted octanol–water partition coefficient (Wildman–Crippen LogP) is 3.99. The molecule has 3 aromatic rings. The van der Waals surface area contributed by atoms with Crippen LogP contribution in [0.15, 0.2) is 63.8 Å². The summed E-state index contributed by atoms with van der Waals surface area (Å²) in [6.07, 6.45) is -0.0453. The summed E-state index contributed by atoms with van der Waals surface area (Å²) in [5.41, 5.74) is 1.59. The molecular weight excluding hydrogens is 406 g/mol. The van der Waals surface area contributed by atoms with Crippen LogP contribution < -0.4 is 10.1 Å². The summed E-state index contributed by atoms with van der Waals surface area (Å²) in [6.45, 7) is 0. The van der Waals surface area contributed by atoms with E-state index in [9.17, 15) is 14.7 Å². The highest BCUT2D eigenvalue weighted by atomic mass is 32.2. The van der Waals surface area contributed by atoms with Crippen LogP contribution in [0.1, 0.15) is 6.42 Å². The number of para-hydroxylation sites is 1. The first-order valence-corrected chi connectivity index (χ1v) is 9.86. The SMILES string of the molecule is COc1ccc(NC(=O)C[C@H]2SC(N=Nc3c(O)[nH]c4ccccc34)=NC2=O)cc1. The van der Waals surface area contributed by atoms with Crippen molar-refractivity contribution in [3.63, 3.8) is 0 Å². The van der Waals surface area contributed by atoms with Crippen molar-refractivity contribution in [2.45, 2.75) is 11.7 Å². The minimum atomic E-state index is -0.672. The van der Waals surface area contributed by atoms with Gasteiger partial charge in [-0.2, -0.15) is 4.99 Å². The van der Waals surface area contributed by atoms with Crippen LogP contribution in [0.3, 0.4) is 0 Å². The molecule has 1 aliphatic heterocycles. The summed E-state index contributed by atoms with van der Waals surface area (Å²) in [5, 5.41) is 20.9. The van der Waals surface area contributed by atoms with Gasteiger partial charge in [0, 0.05) is 17.5 Å². The second-order valence-corrected chi connectivity index (χ2v) is 7.56. The van der Waals surface area contributed by atoms with E-state index in [2.05, 4.69) is 25.5 Å². The largest absolute Gasteiger partial charge is 0.497 e. The number of aromatic amines is 1. The molecule has 2 aromatic carbocycles. The lowest BCUT2D eigenvalue weighted by atomic mass is 10.2. The van der Waals surface area contributed by atoms with Crippen molar-refractivity contribution >= 4 is 51.0 Å². The maximum absolute atomic E-state index is 12.3. The van der Waals surface area contributed by atoms with Gasteiger partial charge in [-0.1, -0.05) is 30.0 Å². The second kappa shape index (κ2) is 8.37. The van der Waals surface area contributed by atoms with Crippen molar-refractivity contribution < 1.29 is 19.4 Å². The number of ether oxygens (including phenoxy) is 1. The zero-order valence-electron chi connectivity index (χ0n) is 15.8. The molecule has 1 aromatic heterocycles. The number of nitrogens with zero attached hydrogens (tertiary/aromatic N) is 3. The highest BCUT2D eigenvalue weighted by molar-refractivity contribution is 8.15. The zero-order chi connectivity index (χ0) is 21.1. The van der Waals surface area contributed by atoms with Gasteiger partial charge in [-0.25, -0.2) is 0 Å². The monoisotopic (exact) mass is 423 g/mol. The molecular formula is C20H17N5O4S. The van der Waals surface area contributed by atoms with Gasteiger partial charge in [-0.05, 0) is 30.3 Å². The smallest absolute Gasteiger partial charge is 0.262 e. The number of nitrogens with one attached hydrogen (secondary N) is 2. The van der Waals surface area contributed by atoms with Crippen LogP contribution in [0.25, 0.3) is 10.9 Å². The Kier molecular flexibility index (Phi) is 5.48. The van der Waals surface area contributed by atoms with Gasteiger partial charge in [0.1, 0.15) is 11.0 Å². The number of hydrogen-bond donors (Lipinski definition) is 3. The molecule has 0 bridgehead atoms. The fourth-order valence-corrected chi connectivity index (χ4v) is 3.78. The van der Waals surface area contributed by atoms with Gasteiger partial charge in [-0.15, -0.1) is 10.2 Å². The number of amidine groups is 1. The third-order valence-electron chi connectivity index (χ3n) is 4.37. The van der Waals surface area contributed by atoms with Crippen molar-refractivity contribution in [1.29, 1.82) is 0 Å². The number of aliphatic imine (C=N–C) groups is 1. The Bertz CT molecular complexity index is 1170. The van der Waals surface area contributed by atoms with Gasteiger partial charge in [-0.3, -0.25) is 9.59 Å². The van der Waals surface area contributed by atoms with E-state index < -0.39 is 11.2 Å². The third kappa shape index (κ3) is 4.18. The first-order chi connectivity index (χ1) is 14.5. The normalized spacial score (nSPS) is 16.2. The minimum absolute atomic E-state index is 0.0453. The van der Waals surface area contributed by atoms with E-state index in [1.54, 1.807) is 43.5 Å². The maximum Gasteiger partial charge on any atom is 0.262 e. The molecule has 3 N–H and O–H groups in total. The molecule has 2 heterocycles. The van der Waals surface area contributed by atoms with Crippen LogP contribution in [0.2, 0.25) is 0 Å². The van der Waals surface area contributed by atoms with Crippen molar-refractivity contribution in [3.8, 4) is 11.6 Å². The molecule has 4 rings (SSSR count). The summed E-state index contributed by atoms with van der Waals surface area (Å²) >= 11 is 1.06. The fraction of sp³-hybridized carbons (Fsp3) is 0.150. The van der Waals surface area contributed by atoms with Gasteiger partial charge in [0.2, 0.25) is 17.0 Å². The van der Waals surface area contributed by atoms with Crippen molar-refractivity contribution in [3.05, 3.63) is 48.5 Å². The predicted molar refractivity (Wildman–Crippen MR) is 115 cm³/mol. The number of methoxy groups -OCH3 is 1. The average Bonchev–Trinajstić information content (AvgIpc) is 3.25. The maximum atomic E-state index is 12.3. The standard InChI is InChI=1S/C20H17N5O4S/c1-29-12-8-6-11(7-9-12)21-16(26)10-15-18(27)23-20(30-15)25-24-17-13-4-2-3-5-14(13)22-19(17)28/h2-9,15,22,28H,10H2,1H3,(H,21,26)/t15-/m1/s1. The summed E-state index contributed by atoms with van der Waals surface area (Å²) in [4.78, 5) is 31.1. The lowest BCUT2D eigenvalue weighted by Gasteiger charge is -2.08. The number of anilines is 1. The molecule has 0 saturated heterocycles. The summed E-state index contributed by atoms with van der Waals surface area (Å²) in [7, 11) is 1.56. The number of hydrogen-bond acceptors (Lipinski definition) is 7. The van der Waals surface area contributed by atoms with E-state index in [0.29, 0.717) is 22.3 Å². The fourth-order valence-electron chi connectivity index (χ4n) is 2.91. The summed E-state index contributed by atoms with van der Waals surface area (Å²) < 4.78 is 5.08. The quantitative estimate of drug-likeness (QED) is 0.535. The second-order valence-electron chi connectivity index (χ2n) is 6.39. The topological polar surface area (TPSA) is 128 Å². The highest BCUT2D eigenvalue weighted by Crippen LogP contribution is 2.36. The molecule has 9 nitrogen and oxygen atoms in total. The van der Waals surface area contributed by atoms with Gasteiger partial charge in [0.25, 0.3) is 5.91 Å². The lowest BCUT2D eigenvalue weighted by molar-refractivity contribution is -0.121. The van der Waals surface area contributed by atoms with Gasteiger partial charge in [0.05, 0.1) is 12.6 Å². The number of rotatable bonds is 5. The van der Waals surface area contributed by atoms with Gasteiger partial charge >= 0.3 is 0 Å². The van der Waals surface area contributed by atoms with Crippen molar-refractivity contribution in [2.75, 3.05) is 12.4 Å². The molecule has 0 saturated carbocycles. The number of thioether (sulfide) groups is 1. The van der Waals surface area contributed by atoms with Gasteiger partial charge in [0.15, 0.2) is 5.69 Å². The van der Waals surface area contributed by atoms with Crippen LogP contribution in [-0.4, -0.2) is 39.4 Å². The minimum Gasteiger partial charge on any atom is -0.497 e. The lowest BCUT2D eigenvalue weighted by Crippen LogP contribution is -2.21. The Balaban J connectivity index is 1.38. The first-order valence-electron chi connectivity index (χ1n) is 8.98. The number of aromatic hydroxyl groups is 1. The Hall–Kier alpha value is -3.66. The van der Waals surface area contributed by atoms with E-state index >= 15 is 0 Å². The molecule has 1 atom stereocenters. The van der Waals surface area contributed by atoms with E-state index in [1.807, 2.05) is 12.1 Å². The number of carbonyl (C=O) groups excluding carboxylic acids is 2. The number of carbonyl (C=O) groups is 2. The molecule has 1 aliphatic rings. The number of azo groups is 1. The molecule has 2 amide bonds. The van der Waals surface area contributed by atoms with Crippen LogP contribution in [0.4, 0.5) is 11.4 Å². The van der Waals surface area contributed by atoms with Crippen LogP contribution >= 0.6 is 11.8 Å². The average molecular weight is 423 g/mol. The molecule has 152 valence electrons. The van der Waals surface area contributed by atoms with E-state index in [0.717, 1.165) is 11.8 Å². The highest BCUT2D eigenvalue weighted by Gasteiger charge is 2.31. The third-order valence-corrected chi connectivity index (χ3v) is 5.41. The number of H-pyrrole nitrogens is 1. The first kappa shape index (κ1) is 19.6. The number of amides is 2. The summed E-state index contributed by atoms with van der Waals surface area (Å²) in [6, 6.07) is 14.1. The number of benzene rings is 2. The molecule has 0 fully saturated rings. The van der Waals surface area contributed by atoms with Crippen molar-refractivity contribution in [2.24, 2.45) is 15.2 Å². The molecule has 10 heteroatoms. The zero-order valence-corrected chi connectivity index (χ0v) is 16.6. The Morgan fingerprint density at radius 3 is 2.77 bits per heavy atom. The van der Waals surface area contributed by atoms with Crippen molar-refractivity contribution in [1.82, 2.24) is 4.98 Å². The number of fused-ring (bicyclic) bond motifs is 1.